The van der Waals surface area contributed by atoms with E-state index in [1.165, 1.54) is 25.2 Å². The highest BCUT2D eigenvalue weighted by Crippen LogP contribution is 2.24. The van der Waals surface area contributed by atoms with Gasteiger partial charge in [0.25, 0.3) is 5.91 Å². The first-order chi connectivity index (χ1) is 11.5. The molecule has 126 valence electrons. The molecule has 0 unspecified atom stereocenters. The van der Waals surface area contributed by atoms with Gasteiger partial charge in [0.1, 0.15) is 12.3 Å². The number of methoxy groups -OCH3 is 2. The van der Waals surface area contributed by atoms with E-state index in [2.05, 4.69) is 0 Å². The van der Waals surface area contributed by atoms with Crippen molar-refractivity contribution in [1.82, 2.24) is 4.90 Å². The summed E-state index contributed by atoms with van der Waals surface area (Å²) >= 11 is 6.00. The molecule has 0 fully saturated rings. The minimum atomic E-state index is -0.500. The van der Waals surface area contributed by atoms with Crippen molar-refractivity contribution in [2.24, 2.45) is 0 Å². The Balaban J connectivity index is 2.33. The van der Waals surface area contributed by atoms with Gasteiger partial charge in [0.2, 0.25) is 0 Å². The van der Waals surface area contributed by atoms with Gasteiger partial charge >= 0.3 is 5.97 Å². The van der Waals surface area contributed by atoms with E-state index in [0.29, 0.717) is 16.3 Å². The van der Waals surface area contributed by atoms with Gasteiger partial charge in [-0.05, 0) is 23.8 Å². The van der Waals surface area contributed by atoms with Gasteiger partial charge in [-0.15, -0.1) is 0 Å². The number of hydrogen-bond acceptors (Lipinski definition) is 4. The lowest BCUT2D eigenvalue weighted by Crippen LogP contribution is -2.36. The Morgan fingerprint density at radius 2 is 1.79 bits per heavy atom. The number of hydrogen-bond donors (Lipinski definition) is 0. The van der Waals surface area contributed by atoms with Gasteiger partial charge in [-0.2, -0.15) is 0 Å². The number of nitrogens with zero attached hydrogens (tertiary/aromatic N) is 1. The van der Waals surface area contributed by atoms with Gasteiger partial charge in [-0.3, -0.25) is 9.59 Å². The number of ether oxygens (including phenoxy) is 2. The molecule has 1 amide bonds. The predicted octanol–water partition coefficient (Wildman–Crippen LogP) is 3.16. The van der Waals surface area contributed by atoms with Crippen LogP contribution in [0.5, 0.6) is 5.75 Å². The Morgan fingerprint density at radius 1 is 1.08 bits per heavy atom. The second-order valence-electron chi connectivity index (χ2n) is 5.07. The maximum atomic E-state index is 12.9. The van der Waals surface area contributed by atoms with Crippen LogP contribution in [0.25, 0.3) is 0 Å². The van der Waals surface area contributed by atoms with E-state index in [9.17, 15) is 9.59 Å². The fraction of sp³-hybridized carbons (Fsp3) is 0.222. The zero-order chi connectivity index (χ0) is 17.5. The van der Waals surface area contributed by atoms with Gasteiger partial charge in [0.15, 0.2) is 0 Å². The molecular formula is C18H18ClNO4. The number of amides is 1. The summed E-state index contributed by atoms with van der Waals surface area (Å²) in [7, 11) is 2.76. The van der Waals surface area contributed by atoms with Crippen LogP contribution >= 0.6 is 11.6 Å². The first-order valence-electron chi connectivity index (χ1n) is 7.28. The molecule has 0 radical (unpaired) electrons. The molecule has 2 aromatic carbocycles. The molecule has 6 heteroatoms. The Morgan fingerprint density at radius 3 is 2.42 bits per heavy atom. The summed E-state index contributed by atoms with van der Waals surface area (Å²) in [6, 6.07) is 14.2. The van der Waals surface area contributed by atoms with Crippen LogP contribution in [-0.4, -0.2) is 37.5 Å². The molecule has 0 spiro atoms. The minimum Gasteiger partial charge on any atom is -0.496 e. The second kappa shape index (κ2) is 8.36. The lowest BCUT2D eigenvalue weighted by Gasteiger charge is -2.22. The predicted molar refractivity (Wildman–Crippen MR) is 91.2 cm³/mol. The Labute approximate surface area is 145 Å². The highest BCUT2D eigenvalue weighted by molar-refractivity contribution is 6.31. The molecule has 0 N–H and O–H groups in total. The topological polar surface area (TPSA) is 55.8 Å². The monoisotopic (exact) mass is 347 g/mol. The summed E-state index contributed by atoms with van der Waals surface area (Å²) in [5.41, 5.74) is 1.19. The summed E-state index contributed by atoms with van der Waals surface area (Å²) in [5.74, 6) is -0.462. The largest absolute Gasteiger partial charge is 0.496 e. The van der Waals surface area contributed by atoms with Crippen LogP contribution in [0.1, 0.15) is 15.9 Å². The van der Waals surface area contributed by atoms with E-state index in [1.54, 1.807) is 12.1 Å². The maximum Gasteiger partial charge on any atom is 0.325 e. The highest BCUT2D eigenvalue weighted by atomic mass is 35.5. The molecule has 0 saturated carbocycles. The summed E-state index contributed by atoms with van der Waals surface area (Å²) < 4.78 is 9.93. The number of halogens is 1. The molecule has 0 aliphatic heterocycles. The van der Waals surface area contributed by atoms with E-state index >= 15 is 0 Å². The first kappa shape index (κ1) is 17.8. The van der Waals surface area contributed by atoms with Crippen molar-refractivity contribution in [3.8, 4) is 5.75 Å². The Bertz CT molecular complexity index is 718. The molecule has 2 rings (SSSR count). The molecule has 0 atom stereocenters. The Hall–Kier alpha value is -2.53. The van der Waals surface area contributed by atoms with E-state index in [4.69, 9.17) is 21.1 Å². The van der Waals surface area contributed by atoms with Crippen LogP contribution in [0.2, 0.25) is 5.02 Å². The number of carbonyl (C=O) groups is 2. The van der Waals surface area contributed by atoms with Gasteiger partial charge < -0.3 is 14.4 Å². The van der Waals surface area contributed by atoms with Crippen LogP contribution in [-0.2, 0) is 16.1 Å². The summed E-state index contributed by atoms with van der Waals surface area (Å²) in [4.78, 5) is 26.0. The average molecular weight is 348 g/mol. The lowest BCUT2D eigenvalue weighted by molar-refractivity contribution is -0.141. The molecule has 0 aliphatic carbocycles. The van der Waals surface area contributed by atoms with E-state index in [0.717, 1.165) is 5.56 Å². The standard InChI is InChI=1S/C18H18ClNO4/c1-23-16-9-8-14(19)10-15(16)18(22)20(12-17(21)24-2)11-13-6-4-3-5-7-13/h3-10H,11-12H2,1-2H3. The number of esters is 1. The van der Waals surface area contributed by atoms with Crippen molar-refractivity contribution in [1.29, 1.82) is 0 Å². The smallest absolute Gasteiger partial charge is 0.325 e. The highest BCUT2D eigenvalue weighted by Gasteiger charge is 2.23. The second-order valence-corrected chi connectivity index (χ2v) is 5.50. The first-order valence-corrected chi connectivity index (χ1v) is 7.66. The summed E-state index contributed by atoms with van der Waals surface area (Å²) in [6.07, 6.45) is 0. The lowest BCUT2D eigenvalue weighted by atomic mass is 10.1. The quantitative estimate of drug-likeness (QED) is 0.753. The molecule has 24 heavy (non-hydrogen) atoms. The molecule has 2 aromatic rings. The van der Waals surface area contributed by atoms with Crippen LogP contribution in [0.15, 0.2) is 48.5 Å². The van der Waals surface area contributed by atoms with Crippen molar-refractivity contribution in [2.75, 3.05) is 20.8 Å². The normalized spacial score (nSPS) is 10.1. The summed E-state index contributed by atoms with van der Waals surface area (Å²) in [6.45, 7) is 0.102. The Kier molecular flexibility index (Phi) is 6.21. The number of rotatable bonds is 6. The van der Waals surface area contributed by atoms with E-state index in [-0.39, 0.29) is 19.0 Å². The van der Waals surface area contributed by atoms with Crippen LogP contribution in [0, 0.1) is 0 Å². The molecule has 0 aliphatic rings. The van der Waals surface area contributed by atoms with Crippen molar-refractivity contribution in [3.05, 3.63) is 64.7 Å². The van der Waals surface area contributed by atoms with Gasteiger partial charge in [0.05, 0.1) is 19.8 Å². The van der Waals surface area contributed by atoms with Crippen LogP contribution < -0.4 is 4.74 Å². The third-order valence-electron chi connectivity index (χ3n) is 3.44. The number of carbonyl (C=O) groups excluding carboxylic acids is 2. The minimum absolute atomic E-state index is 0.167. The average Bonchev–Trinajstić information content (AvgIpc) is 2.61. The SMILES string of the molecule is COC(=O)CN(Cc1ccccc1)C(=O)c1cc(Cl)ccc1OC. The molecule has 0 heterocycles. The van der Waals surface area contributed by atoms with Gasteiger partial charge in [-0.25, -0.2) is 0 Å². The van der Waals surface area contributed by atoms with Crippen LogP contribution in [0.3, 0.4) is 0 Å². The zero-order valence-corrected chi connectivity index (χ0v) is 14.2. The van der Waals surface area contributed by atoms with E-state index < -0.39 is 5.97 Å². The molecular weight excluding hydrogens is 330 g/mol. The fourth-order valence-electron chi connectivity index (χ4n) is 2.24. The summed E-state index contributed by atoms with van der Waals surface area (Å²) in [5, 5.41) is 0.414. The molecule has 0 bridgehead atoms. The molecule has 0 saturated heterocycles. The third-order valence-corrected chi connectivity index (χ3v) is 3.68. The van der Waals surface area contributed by atoms with Crippen molar-refractivity contribution in [3.63, 3.8) is 0 Å². The molecule has 5 nitrogen and oxygen atoms in total. The van der Waals surface area contributed by atoms with Crippen LogP contribution in [0.4, 0.5) is 0 Å². The third kappa shape index (κ3) is 4.49. The van der Waals surface area contributed by atoms with Crippen molar-refractivity contribution < 1.29 is 19.1 Å². The maximum absolute atomic E-state index is 12.9. The fourth-order valence-corrected chi connectivity index (χ4v) is 2.41. The van der Waals surface area contributed by atoms with Gasteiger partial charge in [0, 0.05) is 11.6 Å². The molecule has 0 aromatic heterocycles. The zero-order valence-electron chi connectivity index (χ0n) is 13.5. The van der Waals surface area contributed by atoms with Gasteiger partial charge in [-0.1, -0.05) is 41.9 Å². The van der Waals surface area contributed by atoms with Crippen molar-refractivity contribution in [2.45, 2.75) is 6.54 Å². The number of benzene rings is 2. The van der Waals surface area contributed by atoms with E-state index in [1.807, 2.05) is 30.3 Å². The van der Waals surface area contributed by atoms with Crippen molar-refractivity contribution >= 4 is 23.5 Å².